The number of nitro groups is 1. The van der Waals surface area contributed by atoms with E-state index < -0.39 is 16.4 Å². The first-order chi connectivity index (χ1) is 14.5. The smallest absolute Gasteiger partial charge is 0.312 e. The summed E-state index contributed by atoms with van der Waals surface area (Å²) in [4.78, 5) is 28.4. The van der Waals surface area contributed by atoms with Crippen LogP contribution in [0.4, 0.5) is 5.69 Å². The molecule has 154 valence electrons. The van der Waals surface area contributed by atoms with E-state index in [1.807, 2.05) is 6.07 Å². The Morgan fingerprint density at radius 1 is 1.23 bits per heavy atom. The normalized spacial score (nSPS) is 15.1. The van der Waals surface area contributed by atoms with Gasteiger partial charge in [-0.1, -0.05) is 47.3 Å². The van der Waals surface area contributed by atoms with Gasteiger partial charge in [-0.15, -0.1) is 0 Å². The molecular weight excluding hydrogens is 452 g/mol. The number of benzene rings is 2. The van der Waals surface area contributed by atoms with E-state index in [0.29, 0.717) is 21.2 Å². The number of aromatic nitrogens is 2. The average molecular weight is 471 g/mol. The number of halogens is 1. The number of phenols is 1. The van der Waals surface area contributed by atoms with Crippen LogP contribution in [0.25, 0.3) is 10.9 Å². The lowest BCUT2D eigenvalue weighted by atomic mass is 9.88. The van der Waals surface area contributed by atoms with Gasteiger partial charge in [-0.2, -0.15) is 9.78 Å². The van der Waals surface area contributed by atoms with Crippen LogP contribution < -0.4 is 5.56 Å². The number of rotatable bonds is 4. The second kappa shape index (κ2) is 8.35. The van der Waals surface area contributed by atoms with Crippen LogP contribution in [0.5, 0.6) is 5.75 Å². The molecule has 0 amide bonds. The van der Waals surface area contributed by atoms with Crippen molar-refractivity contribution in [1.82, 2.24) is 9.66 Å². The van der Waals surface area contributed by atoms with E-state index in [0.717, 1.165) is 32.1 Å². The molecule has 0 bridgehead atoms. The van der Waals surface area contributed by atoms with Crippen molar-refractivity contribution in [3.63, 3.8) is 0 Å². The summed E-state index contributed by atoms with van der Waals surface area (Å²) in [6.07, 6.45) is 6.40. The van der Waals surface area contributed by atoms with Crippen molar-refractivity contribution >= 4 is 38.7 Å². The molecular formula is C21H19BrN4O4. The molecule has 1 heterocycles. The Morgan fingerprint density at radius 2 is 1.97 bits per heavy atom. The summed E-state index contributed by atoms with van der Waals surface area (Å²) < 4.78 is 1.69. The third-order valence-electron chi connectivity index (χ3n) is 5.34. The molecule has 0 saturated heterocycles. The molecule has 9 heteroatoms. The fourth-order valence-electron chi connectivity index (χ4n) is 3.84. The van der Waals surface area contributed by atoms with E-state index in [2.05, 4.69) is 21.0 Å². The predicted molar refractivity (Wildman–Crippen MR) is 117 cm³/mol. The standard InChI is InChI=1S/C21H19BrN4O4/c22-15-10-14(19(27)18(11-15)26(29)30)12-23-25-20(13-6-2-1-3-7-13)24-17-9-5-4-8-16(17)21(25)28/h4-5,8-13,27H,1-3,6-7H2. The molecule has 8 nitrogen and oxygen atoms in total. The average Bonchev–Trinajstić information content (AvgIpc) is 2.75. The Balaban J connectivity index is 1.87. The summed E-state index contributed by atoms with van der Waals surface area (Å²) in [5.74, 6) is 0.185. The van der Waals surface area contributed by atoms with Crippen molar-refractivity contribution in [3.05, 3.63) is 72.7 Å². The lowest BCUT2D eigenvalue weighted by molar-refractivity contribution is -0.385. The molecule has 0 radical (unpaired) electrons. The highest BCUT2D eigenvalue weighted by Gasteiger charge is 2.23. The first-order valence-electron chi connectivity index (χ1n) is 9.68. The number of phenolic OH excluding ortho intramolecular Hbond substituents is 1. The number of hydrogen-bond acceptors (Lipinski definition) is 6. The maximum absolute atomic E-state index is 13.2. The summed E-state index contributed by atoms with van der Waals surface area (Å²) in [6, 6.07) is 9.83. The number of para-hydroxylation sites is 1. The van der Waals surface area contributed by atoms with Crippen LogP contribution in [0.2, 0.25) is 0 Å². The Bertz CT molecular complexity index is 1220. The fraction of sp³-hybridized carbons (Fsp3) is 0.286. The van der Waals surface area contributed by atoms with E-state index >= 15 is 0 Å². The van der Waals surface area contributed by atoms with Gasteiger partial charge in [-0.3, -0.25) is 14.9 Å². The largest absolute Gasteiger partial charge is 0.502 e. The van der Waals surface area contributed by atoms with Crippen molar-refractivity contribution < 1.29 is 10.0 Å². The highest BCUT2D eigenvalue weighted by Crippen LogP contribution is 2.33. The first-order valence-corrected chi connectivity index (χ1v) is 10.5. The highest BCUT2D eigenvalue weighted by molar-refractivity contribution is 9.10. The maximum Gasteiger partial charge on any atom is 0.312 e. The van der Waals surface area contributed by atoms with Gasteiger partial charge in [-0.25, -0.2) is 4.98 Å². The monoisotopic (exact) mass is 470 g/mol. The van der Waals surface area contributed by atoms with Crippen LogP contribution in [-0.4, -0.2) is 25.9 Å². The lowest BCUT2D eigenvalue weighted by Crippen LogP contribution is -2.25. The van der Waals surface area contributed by atoms with Crippen LogP contribution in [0.1, 0.15) is 49.4 Å². The second-order valence-corrected chi connectivity index (χ2v) is 8.22. The fourth-order valence-corrected chi connectivity index (χ4v) is 4.30. The van der Waals surface area contributed by atoms with Gasteiger partial charge < -0.3 is 5.11 Å². The maximum atomic E-state index is 13.2. The van der Waals surface area contributed by atoms with Gasteiger partial charge in [0.2, 0.25) is 5.75 Å². The van der Waals surface area contributed by atoms with E-state index in [1.165, 1.54) is 23.0 Å². The highest BCUT2D eigenvalue weighted by atomic mass is 79.9. The Labute approximate surface area is 180 Å². The lowest BCUT2D eigenvalue weighted by Gasteiger charge is -2.22. The van der Waals surface area contributed by atoms with Crippen molar-refractivity contribution in [2.45, 2.75) is 38.0 Å². The third-order valence-corrected chi connectivity index (χ3v) is 5.80. The molecule has 0 aliphatic heterocycles. The Hall–Kier alpha value is -3.07. The minimum atomic E-state index is -0.672. The van der Waals surface area contributed by atoms with E-state index in [9.17, 15) is 20.0 Å². The van der Waals surface area contributed by atoms with Gasteiger partial charge in [0.1, 0.15) is 5.82 Å². The van der Waals surface area contributed by atoms with E-state index in [-0.39, 0.29) is 17.0 Å². The number of nitrogens with zero attached hydrogens (tertiary/aromatic N) is 4. The van der Waals surface area contributed by atoms with Crippen LogP contribution >= 0.6 is 15.9 Å². The number of fused-ring (bicyclic) bond motifs is 1. The molecule has 1 fully saturated rings. The van der Waals surface area contributed by atoms with Gasteiger partial charge in [0, 0.05) is 22.0 Å². The quantitative estimate of drug-likeness (QED) is 0.337. The number of aromatic hydroxyl groups is 1. The van der Waals surface area contributed by atoms with Crippen molar-refractivity contribution in [2.75, 3.05) is 0 Å². The molecule has 1 aliphatic rings. The number of nitro benzene ring substituents is 1. The van der Waals surface area contributed by atoms with E-state index in [4.69, 9.17) is 4.98 Å². The number of hydrogen-bond donors (Lipinski definition) is 1. The zero-order valence-corrected chi connectivity index (χ0v) is 17.6. The van der Waals surface area contributed by atoms with Gasteiger partial charge in [0.15, 0.2) is 0 Å². The molecule has 1 N–H and O–H groups in total. The molecule has 4 rings (SSSR count). The van der Waals surface area contributed by atoms with Crippen molar-refractivity contribution in [3.8, 4) is 5.75 Å². The molecule has 30 heavy (non-hydrogen) atoms. The Morgan fingerprint density at radius 3 is 2.70 bits per heavy atom. The Kier molecular flexibility index (Phi) is 5.63. The molecule has 3 aromatic rings. The third kappa shape index (κ3) is 3.85. The summed E-state index contributed by atoms with van der Waals surface area (Å²) in [5.41, 5.74) is 0.00455. The van der Waals surface area contributed by atoms with Gasteiger partial charge >= 0.3 is 5.69 Å². The summed E-state index contributed by atoms with van der Waals surface area (Å²) >= 11 is 3.21. The van der Waals surface area contributed by atoms with Crippen molar-refractivity contribution in [2.24, 2.45) is 5.10 Å². The molecule has 1 aliphatic carbocycles. The van der Waals surface area contributed by atoms with E-state index in [1.54, 1.807) is 18.2 Å². The van der Waals surface area contributed by atoms with Gasteiger partial charge in [0.05, 0.1) is 22.0 Å². The zero-order valence-electron chi connectivity index (χ0n) is 16.0. The first kappa shape index (κ1) is 20.2. The molecule has 2 aromatic carbocycles. The SMILES string of the molecule is O=c1c2ccccc2nc(C2CCCCC2)n1N=Cc1cc(Br)cc([N+](=O)[O-])c1O. The van der Waals surface area contributed by atoms with Crippen LogP contribution in [0, 0.1) is 10.1 Å². The minimum Gasteiger partial charge on any atom is -0.502 e. The molecule has 0 spiro atoms. The van der Waals surface area contributed by atoms with Crippen molar-refractivity contribution in [1.29, 1.82) is 0 Å². The van der Waals surface area contributed by atoms with Crippen LogP contribution in [0.3, 0.4) is 0 Å². The van der Waals surface area contributed by atoms with Crippen LogP contribution in [0.15, 0.2) is 50.8 Å². The van der Waals surface area contributed by atoms with Gasteiger partial charge in [0.25, 0.3) is 5.56 Å². The van der Waals surface area contributed by atoms with Crippen LogP contribution in [-0.2, 0) is 0 Å². The molecule has 0 unspecified atom stereocenters. The molecule has 1 saturated carbocycles. The summed E-state index contributed by atoms with van der Waals surface area (Å²) in [6.45, 7) is 0. The summed E-state index contributed by atoms with van der Waals surface area (Å²) in [7, 11) is 0. The second-order valence-electron chi connectivity index (χ2n) is 7.30. The minimum absolute atomic E-state index is 0.110. The molecule has 0 atom stereocenters. The zero-order chi connectivity index (χ0) is 21.3. The van der Waals surface area contributed by atoms with Gasteiger partial charge in [-0.05, 0) is 31.0 Å². The summed E-state index contributed by atoms with van der Waals surface area (Å²) in [5, 5.41) is 26.2. The topological polar surface area (TPSA) is 111 Å². The molecule has 1 aromatic heterocycles. The predicted octanol–water partition coefficient (Wildman–Crippen LogP) is 4.70.